The summed E-state index contributed by atoms with van der Waals surface area (Å²) in [6, 6.07) is 4.36. The molecule has 2 N–H and O–H groups in total. The van der Waals surface area contributed by atoms with Gasteiger partial charge in [-0.25, -0.2) is 0 Å². The van der Waals surface area contributed by atoms with E-state index in [4.69, 9.17) is 0 Å². The molecule has 1 aliphatic rings. The van der Waals surface area contributed by atoms with Crippen molar-refractivity contribution >= 4 is 17.5 Å². The maximum atomic E-state index is 12.6. The van der Waals surface area contributed by atoms with E-state index in [-0.39, 0.29) is 11.7 Å². The van der Waals surface area contributed by atoms with Gasteiger partial charge in [0.1, 0.15) is 0 Å². The molecule has 0 bridgehead atoms. The maximum Gasteiger partial charge on any atom is 0.416 e. The fraction of sp³-hybridized carbons (Fsp3) is 0.500. The molecule has 0 aliphatic carbocycles. The van der Waals surface area contributed by atoms with Crippen molar-refractivity contribution in [1.29, 1.82) is 0 Å². The van der Waals surface area contributed by atoms with Gasteiger partial charge in [-0.1, -0.05) is 13.0 Å². The molecule has 1 fully saturated rings. The fourth-order valence-electron chi connectivity index (χ4n) is 2.79. The van der Waals surface area contributed by atoms with Crippen LogP contribution in [0.4, 0.5) is 18.9 Å². The van der Waals surface area contributed by atoms with Crippen LogP contribution in [0.3, 0.4) is 0 Å². The van der Waals surface area contributed by atoms with Crippen molar-refractivity contribution in [2.45, 2.75) is 32.0 Å². The molecule has 24 heavy (non-hydrogen) atoms. The number of alkyl halides is 3. The Morgan fingerprint density at radius 3 is 2.71 bits per heavy atom. The Kier molecular flexibility index (Phi) is 5.82. The molecular formula is C16H20F3N3O2. The van der Waals surface area contributed by atoms with E-state index in [1.165, 1.54) is 12.1 Å². The van der Waals surface area contributed by atoms with Gasteiger partial charge in [-0.2, -0.15) is 13.2 Å². The number of benzene rings is 1. The van der Waals surface area contributed by atoms with E-state index in [9.17, 15) is 22.8 Å². The monoisotopic (exact) mass is 343 g/mol. The molecule has 1 aromatic rings. The van der Waals surface area contributed by atoms with Crippen molar-refractivity contribution < 1.29 is 22.8 Å². The number of carbonyl (C=O) groups is 2. The fourth-order valence-corrected chi connectivity index (χ4v) is 2.79. The van der Waals surface area contributed by atoms with Crippen LogP contribution in [0.5, 0.6) is 0 Å². The number of hydrogen-bond donors (Lipinski definition) is 2. The largest absolute Gasteiger partial charge is 0.416 e. The number of amides is 2. The molecule has 1 heterocycles. The average Bonchev–Trinajstić information content (AvgIpc) is 2.99. The molecule has 1 unspecified atom stereocenters. The number of likely N-dealkylation sites (N-methyl/N-ethyl adjacent to an activating group) is 1. The summed E-state index contributed by atoms with van der Waals surface area (Å²) in [6.07, 6.45) is -2.51. The van der Waals surface area contributed by atoms with Crippen LogP contribution in [-0.2, 0) is 15.8 Å². The molecule has 1 aromatic carbocycles. The summed E-state index contributed by atoms with van der Waals surface area (Å²) in [5.41, 5.74) is -0.953. The highest BCUT2D eigenvalue weighted by atomic mass is 19.4. The number of likely N-dealkylation sites (tertiary alicyclic amines) is 1. The van der Waals surface area contributed by atoms with Gasteiger partial charge >= 0.3 is 18.0 Å². The van der Waals surface area contributed by atoms with Crippen LogP contribution in [0.2, 0.25) is 0 Å². The van der Waals surface area contributed by atoms with Crippen molar-refractivity contribution in [2.75, 3.05) is 25.0 Å². The van der Waals surface area contributed by atoms with Crippen molar-refractivity contribution in [3.8, 4) is 0 Å². The Balaban J connectivity index is 1.89. The summed E-state index contributed by atoms with van der Waals surface area (Å²) in [5.74, 6) is -1.83. The summed E-state index contributed by atoms with van der Waals surface area (Å²) in [6.45, 7) is 4.22. The van der Waals surface area contributed by atoms with Gasteiger partial charge in [0.15, 0.2) is 0 Å². The third kappa shape index (κ3) is 4.70. The third-order valence-corrected chi connectivity index (χ3v) is 4.06. The number of nitrogens with one attached hydrogen (secondary N) is 2. The SMILES string of the molecule is CCN1CCCC1CNC(=O)C(=O)Nc1cccc(C(F)(F)F)c1. The molecule has 1 atom stereocenters. The minimum absolute atomic E-state index is 0.0685. The first-order chi connectivity index (χ1) is 11.3. The van der Waals surface area contributed by atoms with Crippen LogP contribution in [0.15, 0.2) is 24.3 Å². The second-order valence-electron chi connectivity index (χ2n) is 5.67. The summed E-state index contributed by atoms with van der Waals surface area (Å²) < 4.78 is 37.9. The van der Waals surface area contributed by atoms with Gasteiger partial charge < -0.3 is 10.6 Å². The molecule has 132 valence electrons. The first kappa shape index (κ1) is 18.3. The standard InChI is InChI=1S/C16H20F3N3O2/c1-2-22-8-4-7-13(22)10-20-14(23)15(24)21-12-6-3-5-11(9-12)16(17,18)19/h3,5-6,9,13H,2,4,7-8,10H2,1H3,(H,20,23)(H,21,24). The van der Waals surface area contributed by atoms with Gasteiger partial charge in [0.05, 0.1) is 5.56 Å². The van der Waals surface area contributed by atoms with Crippen LogP contribution >= 0.6 is 0 Å². The minimum atomic E-state index is -4.50. The number of anilines is 1. The zero-order chi connectivity index (χ0) is 17.7. The predicted octanol–water partition coefficient (Wildman–Crippen LogP) is 2.24. The smallest absolute Gasteiger partial charge is 0.346 e. The highest BCUT2D eigenvalue weighted by Gasteiger charge is 2.30. The predicted molar refractivity (Wildman–Crippen MR) is 83.4 cm³/mol. The molecule has 2 amide bonds. The van der Waals surface area contributed by atoms with E-state index in [0.29, 0.717) is 6.54 Å². The number of carbonyl (C=O) groups excluding carboxylic acids is 2. The minimum Gasteiger partial charge on any atom is -0.346 e. The summed E-state index contributed by atoms with van der Waals surface area (Å²) in [7, 11) is 0. The zero-order valence-electron chi connectivity index (χ0n) is 13.3. The van der Waals surface area contributed by atoms with Gasteiger partial charge in [-0.3, -0.25) is 14.5 Å². The molecule has 2 rings (SSSR count). The Morgan fingerprint density at radius 2 is 2.04 bits per heavy atom. The zero-order valence-corrected chi connectivity index (χ0v) is 13.3. The summed E-state index contributed by atoms with van der Waals surface area (Å²) >= 11 is 0. The lowest BCUT2D eigenvalue weighted by atomic mass is 10.2. The highest BCUT2D eigenvalue weighted by molar-refractivity contribution is 6.39. The Bertz CT molecular complexity index is 604. The molecule has 0 aromatic heterocycles. The Morgan fingerprint density at radius 1 is 1.29 bits per heavy atom. The van der Waals surface area contributed by atoms with Crippen molar-refractivity contribution in [1.82, 2.24) is 10.2 Å². The number of hydrogen-bond acceptors (Lipinski definition) is 3. The third-order valence-electron chi connectivity index (χ3n) is 4.06. The van der Waals surface area contributed by atoms with Gasteiger partial charge in [-0.05, 0) is 44.1 Å². The number of nitrogens with zero attached hydrogens (tertiary/aromatic N) is 1. The second kappa shape index (κ2) is 7.65. The summed E-state index contributed by atoms with van der Waals surface area (Å²) in [4.78, 5) is 25.8. The van der Waals surface area contributed by atoms with Gasteiger partial charge in [0.2, 0.25) is 0 Å². The highest BCUT2D eigenvalue weighted by Crippen LogP contribution is 2.30. The molecule has 0 spiro atoms. The van der Waals surface area contributed by atoms with Crippen LogP contribution in [-0.4, -0.2) is 42.4 Å². The first-order valence-corrected chi connectivity index (χ1v) is 7.81. The molecule has 1 aliphatic heterocycles. The van der Waals surface area contributed by atoms with Crippen LogP contribution in [0.25, 0.3) is 0 Å². The van der Waals surface area contributed by atoms with Crippen LogP contribution in [0, 0.1) is 0 Å². The lowest BCUT2D eigenvalue weighted by molar-refractivity contribution is -0.137. The number of rotatable bonds is 4. The van der Waals surface area contributed by atoms with E-state index in [2.05, 4.69) is 15.5 Å². The molecule has 0 saturated carbocycles. The molecule has 1 saturated heterocycles. The normalized spacial score (nSPS) is 18.4. The molecule has 8 heteroatoms. The van der Waals surface area contributed by atoms with E-state index >= 15 is 0 Å². The van der Waals surface area contributed by atoms with Crippen LogP contribution < -0.4 is 10.6 Å². The topological polar surface area (TPSA) is 61.4 Å². The van der Waals surface area contributed by atoms with Crippen molar-refractivity contribution in [2.24, 2.45) is 0 Å². The van der Waals surface area contributed by atoms with Gasteiger partial charge in [-0.15, -0.1) is 0 Å². The number of halogens is 3. The quantitative estimate of drug-likeness (QED) is 0.825. The van der Waals surface area contributed by atoms with E-state index in [1.807, 2.05) is 6.92 Å². The van der Waals surface area contributed by atoms with E-state index in [0.717, 1.165) is 38.1 Å². The van der Waals surface area contributed by atoms with Crippen LogP contribution in [0.1, 0.15) is 25.3 Å². The van der Waals surface area contributed by atoms with Crippen molar-refractivity contribution in [3.05, 3.63) is 29.8 Å². The Hall–Kier alpha value is -2.09. The molecule has 5 nitrogen and oxygen atoms in total. The lowest BCUT2D eigenvalue weighted by Gasteiger charge is -2.22. The van der Waals surface area contributed by atoms with E-state index < -0.39 is 23.6 Å². The molecule has 0 radical (unpaired) electrons. The lowest BCUT2D eigenvalue weighted by Crippen LogP contribution is -2.43. The van der Waals surface area contributed by atoms with Gasteiger partial charge in [0, 0.05) is 18.3 Å². The molecular weight excluding hydrogens is 323 g/mol. The maximum absolute atomic E-state index is 12.6. The van der Waals surface area contributed by atoms with Gasteiger partial charge in [0.25, 0.3) is 0 Å². The Labute approximate surface area is 138 Å². The van der Waals surface area contributed by atoms with Crippen molar-refractivity contribution in [3.63, 3.8) is 0 Å². The average molecular weight is 343 g/mol. The summed E-state index contributed by atoms with van der Waals surface area (Å²) in [5, 5.41) is 4.73. The second-order valence-corrected chi connectivity index (χ2v) is 5.67. The first-order valence-electron chi connectivity index (χ1n) is 7.81. The van der Waals surface area contributed by atoms with E-state index in [1.54, 1.807) is 0 Å².